The zero-order valence-electron chi connectivity index (χ0n) is 20.4. The standard InChI is InChI=1S/C26H50O6/c1-2-3-4-5-6-7-8-9-10-11-12-13-14-15-21(27)16-22(28)17-23(29)18-25-19-24(30)20-26(31)32-25/h21-25,27-30H,2-20H2,1H3/t21-,22-,23+,24-,25+/m0/s1. The molecule has 190 valence electrons. The van der Waals surface area contributed by atoms with Gasteiger partial charge in [-0.3, -0.25) is 4.79 Å². The van der Waals surface area contributed by atoms with Gasteiger partial charge in [0.05, 0.1) is 30.8 Å². The fourth-order valence-corrected chi connectivity index (χ4v) is 4.65. The van der Waals surface area contributed by atoms with Gasteiger partial charge in [-0.05, 0) is 19.3 Å². The van der Waals surface area contributed by atoms with Gasteiger partial charge in [-0.1, -0.05) is 90.4 Å². The van der Waals surface area contributed by atoms with Crippen LogP contribution in [-0.2, 0) is 9.53 Å². The van der Waals surface area contributed by atoms with Crippen LogP contribution >= 0.6 is 0 Å². The predicted molar refractivity (Wildman–Crippen MR) is 127 cm³/mol. The molecule has 0 saturated carbocycles. The van der Waals surface area contributed by atoms with E-state index in [1.165, 1.54) is 70.6 Å². The molecule has 1 fully saturated rings. The van der Waals surface area contributed by atoms with Crippen molar-refractivity contribution < 1.29 is 30.0 Å². The third kappa shape index (κ3) is 16.0. The average molecular weight is 459 g/mol. The third-order valence-electron chi connectivity index (χ3n) is 6.50. The summed E-state index contributed by atoms with van der Waals surface area (Å²) in [7, 11) is 0. The highest BCUT2D eigenvalue weighted by molar-refractivity contribution is 5.70. The number of ether oxygens (including phenoxy) is 1. The summed E-state index contributed by atoms with van der Waals surface area (Å²) in [6, 6.07) is 0. The first kappa shape index (κ1) is 29.3. The third-order valence-corrected chi connectivity index (χ3v) is 6.50. The normalized spacial score (nSPS) is 21.8. The van der Waals surface area contributed by atoms with Gasteiger partial charge in [-0.2, -0.15) is 0 Å². The van der Waals surface area contributed by atoms with Crippen molar-refractivity contribution in [3.05, 3.63) is 0 Å². The van der Waals surface area contributed by atoms with Crippen LogP contribution in [0, 0.1) is 0 Å². The maximum Gasteiger partial charge on any atom is 0.308 e. The van der Waals surface area contributed by atoms with Gasteiger partial charge in [-0.15, -0.1) is 0 Å². The Morgan fingerprint density at radius 2 is 1.28 bits per heavy atom. The predicted octanol–water partition coefficient (Wildman–Crippen LogP) is 4.79. The largest absolute Gasteiger partial charge is 0.462 e. The van der Waals surface area contributed by atoms with Crippen molar-refractivity contribution >= 4 is 5.97 Å². The number of carbonyl (C=O) groups is 1. The van der Waals surface area contributed by atoms with E-state index in [0.29, 0.717) is 12.8 Å². The zero-order valence-corrected chi connectivity index (χ0v) is 20.4. The number of rotatable bonds is 20. The van der Waals surface area contributed by atoms with Crippen LogP contribution in [0.15, 0.2) is 0 Å². The Hall–Kier alpha value is -0.690. The van der Waals surface area contributed by atoms with Crippen molar-refractivity contribution in [3.8, 4) is 0 Å². The molecule has 32 heavy (non-hydrogen) atoms. The number of unbranched alkanes of at least 4 members (excludes halogenated alkanes) is 12. The Balaban J connectivity index is 1.94. The van der Waals surface area contributed by atoms with E-state index in [4.69, 9.17) is 4.74 Å². The monoisotopic (exact) mass is 458 g/mol. The van der Waals surface area contributed by atoms with E-state index in [2.05, 4.69) is 6.92 Å². The minimum absolute atomic E-state index is 0.000601. The van der Waals surface area contributed by atoms with E-state index < -0.39 is 36.5 Å². The first-order chi connectivity index (χ1) is 15.4. The molecular formula is C26H50O6. The van der Waals surface area contributed by atoms with Crippen LogP contribution in [-0.4, -0.2) is 56.9 Å². The van der Waals surface area contributed by atoms with Gasteiger partial charge in [0.15, 0.2) is 0 Å². The lowest BCUT2D eigenvalue weighted by molar-refractivity contribution is -0.162. The van der Waals surface area contributed by atoms with E-state index in [-0.39, 0.29) is 25.7 Å². The van der Waals surface area contributed by atoms with Gasteiger partial charge in [-0.25, -0.2) is 0 Å². The highest BCUT2D eigenvalue weighted by atomic mass is 16.5. The summed E-state index contributed by atoms with van der Waals surface area (Å²) in [4.78, 5) is 11.4. The second kappa shape index (κ2) is 18.7. The van der Waals surface area contributed by atoms with Gasteiger partial charge < -0.3 is 25.2 Å². The lowest BCUT2D eigenvalue weighted by Gasteiger charge is -2.28. The van der Waals surface area contributed by atoms with Gasteiger partial charge in [0.2, 0.25) is 0 Å². The molecule has 0 radical (unpaired) electrons. The number of hydrogen-bond donors (Lipinski definition) is 4. The van der Waals surface area contributed by atoms with Crippen molar-refractivity contribution in [1.29, 1.82) is 0 Å². The fraction of sp³-hybridized carbons (Fsp3) is 0.962. The molecule has 0 aromatic carbocycles. The Bertz CT molecular complexity index is 458. The van der Waals surface area contributed by atoms with Gasteiger partial charge in [0.25, 0.3) is 0 Å². The molecule has 6 heteroatoms. The molecule has 0 spiro atoms. The summed E-state index contributed by atoms with van der Waals surface area (Å²) in [5, 5.41) is 40.1. The van der Waals surface area contributed by atoms with Crippen molar-refractivity contribution in [2.24, 2.45) is 0 Å². The molecular weight excluding hydrogens is 408 g/mol. The number of cyclic esters (lactones) is 1. The first-order valence-corrected chi connectivity index (χ1v) is 13.3. The molecule has 4 N–H and O–H groups in total. The molecule has 1 aliphatic rings. The quantitative estimate of drug-likeness (QED) is 0.154. The minimum Gasteiger partial charge on any atom is -0.462 e. The number of aliphatic hydroxyl groups is 4. The second-order valence-electron chi connectivity index (χ2n) is 9.91. The topological polar surface area (TPSA) is 107 Å². The van der Waals surface area contributed by atoms with E-state index in [1.54, 1.807) is 0 Å². The zero-order chi connectivity index (χ0) is 23.6. The summed E-state index contributed by atoms with van der Waals surface area (Å²) in [6.07, 6.45) is 15.0. The highest BCUT2D eigenvalue weighted by Gasteiger charge is 2.29. The van der Waals surface area contributed by atoms with Crippen LogP contribution in [0.25, 0.3) is 0 Å². The first-order valence-electron chi connectivity index (χ1n) is 13.3. The SMILES string of the molecule is CCCCCCCCCCCCCCC[C@H](O)C[C@H](O)C[C@@H](O)C[C@@H]1C[C@H](O)CC(=O)O1. The smallest absolute Gasteiger partial charge is 0.308 e. The number of carbonyl (C=O) groups excluding carboxylic acids is 1. The summed E-state index contributed by atoms with van der Waals surface area (Å²) in [5.74, 6) is -0.449. The van der Waals surface area contributed by atoms with Crippen LogP contribution in [0.5, 0.6) is 0 Å². The minimum atomic E-state index is -0.823. The van der Waals surface area contributed by atoms with E-state index in [1.807, 2.05) is 0 Å². The molecule has 1 aliphatic heterocycles. The second-order valence-corrected chi connectivity index (χ2v) is 9.91. The lowest BCUT2D eigenvalue weighted by Crippen LogP contribution is -2.35. The van der Waals surface area contributed by atoms with Crippen LogP contribution < -0.4 is 0 Å². The molecule has 1 saturated heterocycles. The number of hydrogen-bond acceptors (Lipinski definition) is 6. The van der Waals surface area contributed by atoms with Crippen LogP contribution in [0.4, 0.5) is 0 Å². The summed E-state index contributed by atoms with van der Waals surface area (Å²) in [6.45, 7) is 2.25. The fourth-order valence-electron chi connectivity index (χ4n) is 4.65. The van der Waals surface area contributed by atoms with Crippen LogP contribution in [0.1, 0.15) is 129 Å². The van der Waals surface area contributed by atoms with Crippen molar-refractivity contribution in [2.75, 3.05) is 0 Å². The molecule has 1 rings (SSSR count). The summed E-state index contributed by atoms with van der Waals surface area (Å²) >= 11 is 0. The number of aliphatic hydroxyl groups excluding tert-OH is 4. The van der Waals surface area contributed by atoms with Crippen molar-refractivity contribution in [1.82, 2.24) is 0 Å². The Morgan fingerprint density at radius 3 is 1.81 bits per heavy atom. The summed E-state index contributed by atoms with van der Waals surface area (Å²) in [5.41, 5.74) is 0. The lowest BCUT2D eigenvalue weighted by atomic mass is 9.96. The van der Waals surface area contributed by atoms with Crippen LogP contribution in [0.2, 0.25) is 0 Å². The van der Waals surface area contributed by atoms with Crippen molar-refractivity contribution in [3.63, 3.8) is 0 Å². The average Bonchev–Trinajstić information content (AvgIpc) is 2.70. The molecule has 5 atom stereocenters. The van der Waals surface area contributed by atoms with Crippen molar-refractivity contribution in [2.45, 2.75) is 159 Å². The molecule has 0 aromatic heterocycles. The van der Waals surface area contributed by atoms with Crippen LogP contribution in [0.3, 0.4) is 0 Å². The van der Waals surface area contributed by atoms with E-state index in [9.17, 15) is 25.2 Å². The summed E-state index contributed by atoms with van der Waals surface area (Å²) < 4.78 is 5.13. The highest BCUT2D eigenvalue weighted by Crippen LogP contribution is 2.21. The molecule has 0 bridgehead atoms. The Kier molecular flexibility index (Phi) is 17.2. The van der Waals surface area contributed by atoms with Gasteiger partial charge >= 0.3 is 5.97 Å². The molecule has 0 aliphatic carbocycles. The molecule has 1 heterocycles. The molecule has 0 aromatic rings. The molecule has 0 unspecified atom stereocenters. The number of esters is 1. The molecule has 0 amide bonds. The Morgan fingerprint density at radius 1 is 0.781 bits per heavy atom. The van der Waals surface area contributed by atoms with Gasteiger partial charge in [0.1, 0.15) is 6.10 Å². The maximum atomic E-state index is 11.4. The maximum absolute atomic E-state index is 11.4. The van der Waals surface area contributed by atoms with Gasteiger partial charge in [0, 0.05) is 12.8 Å². The Labute approximate surface area is 195 Å². The molecule has 6 nitrogen and oxygen atoms in total. The van der Waals surface area contributed by atoms with E-state index >= 15 is 0 Å². The van der Waals surface area contributed by atoms with E-state index in [0.717, 1.165) is 12.8 Å².